The van der Waals surface area contributed by atoms with Crippen LogP contribution in [0.15, 0.2) is 35.2 Å². The van der Waals surface area contributed by atoms with Crippen molar-refractivity contribution in [3.63, 3.8) is 0 Å². The highest BCUT2D eigenvalue weighted by Gasteiger charge is 2.31. The molecule has 2 aromatic carbocycles. The van der Waals surface area contributed by atoms with Crippen molar-refractivity contribution in [2.75, 3.05) is 21.0 Å². The molecular weight excluding hydrogens is 418 g/mol. The van der Waals surface area contributed by atoms with Crippen LogP contribution in [0.25, 0.3) is 6.08 Å². The van der Waals surface area contributed by atoms with E-state index in [9.17, 15) is 9.59 Å². The van der Waals surface area contributed by atoms with Crippen LogP contribution in [0, 0.1) is 0 Å². The molecule has 2 aromatic rings. The van der Waals surface area contributed by atoms with Gasteiger partial charge in [0.25, 0.3) is 11.1 Å². The van der Waals surface area contributed by atoms with Crippen LogP contribution in [0.5, 0.6) is 23.0 Å². The number of hydrogen-bond acceptors (Lipinski definition) is 7. The van der Waals surface area contributed by atoms with Gasteiger partial charge in [0, 0.05) is 7.05 Å². The fourth-order valence-corrected chi connectivity index (χ4v) is 3.95. The van der Waals surface area contributed by atoms with Gasteiger partial charge < -0.3 is 18.9 Å². The highest BCUT2D eigenvalue weighted by atomic mass is 35.5. The first-order valence-electron chi connectivity index (χ1n) is 8.56. The van der Waals surface area contributed by atoms with E-state index in [0.717, 1.165) is 22.2 Å². The second kappa shape index (κ2) is 7.88. The number of rotatable bonds is 5. The van der Waals surface area contributed by atoms with Gasteiger partial charge in [-0.05, 0) is 53.2 Å². The second-order valence-corrected chi connectivity index (χ2v) is 7.65. The number of carbonyl (C=O) groups is 2. The lowest BCUT2D eigenvalue weighted by molar-refractivity contribution is -0.121. The predicted octanol–water partition coefficient (Wildman–Crippen LogP) is 4.32. The van der Waals surface area contributed by atoms with Gasteiger partial charge in [-0.1, -0.05) is 17.7 Å². The van der Waals surface area contributed by atoms with Gasteiger partial charge in [0.15, 0.2) is 23.0 Å². The number of thioether (sulfide) groups is 1. The van der Waals surface area contributed by atoms with Crippen molar-refractivity contribution in [2.45, 2.75) is 6.61 Å². The molecule has 29 heavy (non-hydrogen) atoms. The molecule has 150 valence electrons. The van der Waals surface area contributed by atoms with Crippen molar-refractivity contribution in [3.05, 3.63) is 51.4 Å². The van der Waals surface area contributed by atoms with Crippen LogP contribution in [-0.4, -0.2) is 37.0 Å². The van der Waals surface area contributed by atoms with E-state index in [2.05, 4.69) is 0 Å². The normalized spacial score (nSPS) is 16.7. The number of likely N-dealkylation sites (N-methyl/N-ethyl adjacent to an activating group) is 1. The molecule has 2 amide bonds. The molecule has 0 aliphatic carbocycles. The van der Waals surface area contributed by atoms with E-state index in [-0.39, 0.29) is 24.5 Å². The highest BCUT2D eigenvalue weighted by molar-refractivity contribution is 8.18. The van der Waals surface area contributed by atoms with Gasteiger partial charge in [0.05, 0.1) is 17.0 Å². The van der Waals surface area contributed by atoms with Gasteiger partial charge in [0.1, 0.15) is 6.61 Å². The smallest absolute Gasteiger partial charge is 0.293 e. The predicted molar refractivity (Wildman–Crippen MR) is 109 cm³/mol. The molecule has 0 spiro atoms. The number of carbonyl (C=O) groups excluding carboxylic acids is 2. The lowest BCUT2D eigenvalue weighted by Crippen LogP contribution is -2.22. The first kappa shape index (κ1) is 19.5. The van der Waals surface area contributed by atoms with Crippen molar-refractivity contribution in [1.29, 1.82) is 0 Å². The van der Waals surface area contributed by atoms with Crippen LogP contribution in [-0.2, 0) is 11.4 Å². The van der Waals surface area contributed by atoms with Gasteiger partial charge in [-0.15, -0.1) is 0 Å². The number of benzene rings is 2. The van der Waals surface area contributed by atoms with Gasteiger partial charge in [-0.25, -0.2) is 0 Å². The molecule has 0 atom stereocenters. The number of amides is 2. The standard InChI is InChI=1S/C20H16ClNO6S/c1-22-19(23)17(29-20(22)24)8-12-5-13(21)18(16(7-12)25-2)26-9-11-3-4-14-15(6-11)28-10-27-14/h3-8H,9-10H2,1-2H3/b17-8-. The molecule has 1 saturated heterocycles. The highest BCUT2D eigenvalue weighted by Crippen LogP contribution is 2.39. The van der Waals surface area contributed by atoms with Crippen LogP contribution >= 0.6 is 23.4 Å². The molecule has 2 heterocycles. The Morgan fingerprint density at radius 3 is 2.72 bits per heavy atom. The topological polar surface area (TPSA) is 74.3 Å². The third-order valence-electron chi connectivity index (χ3n) is 4.36. The third-order valence-corrected chi connectivity index (χ3v) is 5.60. The molecule has 0 N–H and O–H groups in total. The zero-order valence-corrected chi connectivity index (χ0v) is 17.1. The van der Waals surface area contributed by atoms with Crippen LogP contribution in [0.3, 0.4) is 0 Å². The molecule has 0 saturated carbocycles. The van der Waals surface area contributed by atoms with Gasteiger partial charge in [-0.2, -0.15) is 0 Å². The number of ether oxygens (including phenoxy) is 4. The molecule has 0 bridgehead atoms. The van der Waals surface area contributed by atoms with Crippen LogP contribution in [0.4, 0.5) is 4.79 Å². The number of methoxy groups -OCH3 is 1. The first-order valence-corrected chi connectivity index (χ1v) is 9.76. The number of nitrogens with zero attached hydrogens (tertiary/aromatic N) is 1. The SMILES string of the molecule is COc1cc(/C=C2\SC(=O)N(C)C2=O)cc(Cl)c1OCc1ccc2c(c1)OCO2. The first-order chi connectivity index (χ1) is 14.0. The lowest BCUT2D eigenvalue weighted by atomic mass is 10.1. The Morgan fingerprint density at radius 2 is 2.00 bits per heavy atom. The summed E-state index contributed by atoms with van der Waals surface area (Å²) in [5.41, 5.74) is 1.51. The van der Waals surface area contributed by atoms with E-state index in [4.69, 9.17) is 30.5 Å². The average Bonchev–Trinajstić information content (AvgIpc) is 3.27. The summed E-state index contributed by atoms with van der Waals surface area (Å²) in [5.74, 6) is 1.82. The summed E-state index contributed by atoms with van der Waals surface area (Å²) >= 11 is 7.28. The Kier molecular flexibility index (Phi) is 5.29. The van der Waals surface area contributed by atoms with Gasteiger partial charge >= 0.3 is 0 Å². The Balaban J connectivity index is 1.55. The summed E-state index contributed by atoms with van der Waals surface area (Å²) in [6.07, 6.45) is 1.60. The quantitative estimate of drug-likeness (QED) is 0.650. The minimum atomic E-state index is -0.349. The van der Waals surface area contributed by atoms with Crippen LogP contribution in [0.1, 0.15) is 11.1 Å². The number of imide groups is 1. The summed E-state index contributed by atoms with van der Waals surface area (Å²) in [5, 5.41) is 0.00932. The lowest BCUT2D eigenvalue weighted by Gasteiger charge is -2.14. The minimum absolute atomic E-state index is 0.207. The Hall–Kier alpha value is -2.84. The van der Waals surface area contributed by atoms with Crippen molar-refractivity contribution in [1.82, 2.24) is 4.90 Å². The van der Waals surface area contributed by atoms with Crippen molar-refractivity contribution < 1.29 is 28.5 Å². The van der Waals surface area contributed by atoms with E-state index in [1.165, 1.54) is 14.2 Å². The van der Waals surface area contributed by atoms with E-state index in [1.807, 2.05) is 18.2 Å². The molecule has 2 aliphatic heterocycles. The maximum absolute atomic E-state index is 12.1. The summed E-state index contributed by atoms with van der Waals surface area (Å²) < 4.78 is 22.0. The molecule has 0 unspecified atom stereocenters. The fraction of sp³-hybridized carbons (Fsp3) is 0.200. The number of fused-ring (bicyclic) bond motifs is 1. The van der Waals surface area contributed by atoms with E-state index < -0.39 is 0 Å². The molecule has 9 heteroatoms. The summed E-state index contributed by atoms with van der Waals surface area (Å²) in [4.78, 5) is 25.1. The molecule has 2 aliphatic rings. The maximum atomic E-state index is 12.1. The molecule has 0 aromatic heterocycles. The minimum Gasteiger partial charge on any atom is -0.493 e. The monoisotopic (exact) mass is 433 g/mol. The van der Waals surface area contributed by atoms with E-state index in [0.29, 0.717) is 38.5 Å². The summed E-state index contributed by atoms with van der Waals surface area (Å²) in [7, 11) is 2.95. The summed E-state index contributed by atoms with van der Waals surface area (Å²) in [6, 6.07) is 8.90. The van der Waals surface area contributed by atoms with Crippen LogP contribution < -0.4 is 18.9 Å². The average molecular weight is 434 g/mol. The largest absolute Gasteiger partial charge is 0.493 e. The Bertz CT molecular complexity index is 1040. The van der Waals surface area contributed by atoms with Crippen molar-refractivity contribution >= 4 is 40.6 Å². The molecule has 4 rings (SSSR count). The zero-order valence-electron chi connectivity index (χ0n) is 15.6. The number of hydrogen-bond donors (Lipinski definition) is 0. The summed E-state index contributed by atoms with van der Waals surface area (Å²) in [6.45, 7) is 0.458. The molecule has 0 radical (unpaired) electrons. The fourth-order valence-electron chi connectivity index (χ4n) is 2.85. The number of halogens is 1. The Labute approximate surface area is 176 Å². The second-order valence-electron chi connectivity index (χ2n) is 6.25. The molecule has 1 fully saturated rings. The van der Waals surface area contributed by atoms with Crippen molar-refractivity contribution in [3.8, 4) is 23.0 Å². The molecular formula is C20H16ClNO6S. The van der Waals surface area contributed by atoms with E-state index >= 15 is 0 Å². The molecule has 7 nitrogen and oxygen atoms in total. The zero-order chi connectivity index (χ0) is 20.5. The maximum Gasteiger partial charge on any atom is 0.293 e. The van der Waals surface area contributed by atoms with Gasteiger partial charge in [0.2, 0.25) is 6.79 Å². The van der Waals surface area contributed by atoms with Crippen LogP contribution in [0.2, 0.25) is 5.02 Å². The third kappa shape index (κ3) is 3.86. The van der Waals surface area contributed by atoms with Crippen molar-refractivity contribution in [2.24, 2.45) is 0 Å². The Morgan fingerprint density at radius 1 is 1.21 bits per heavy atom. The van der Waals surface area contributed by atoms with E-state index in [1.54, 1.807) is 18.2 Å². The van der Waals surface area contributed by atoms with Gasteiger partial charge in [-0.3, -0.25) is 14.5 Å².